The van der Waals surface area contributed by atoms with Gasteiger partial charge in [-0.15, -0.1) is 11.8 Å². The zero-order valence-electron chi connectivity index (χ0n) is 13.4. The lowest BCUT2D eigenvalue weighted by atomic mass is 10.0. The van der Waals surface area contributed by atoms with Crippen LogP contribution in [0.25, 0.3) is 5.65 Å². The molecule has 1 fully saturated rings. The average Bonchev–Trinajstić information content (AvgIpc) is 3.30. The van der Waals surface area contributed by atoms with Crippen molar-refractivity contribution in [1.82, 2.24) is 19.2 Å². The van der Waals surface area contributed by atoms with Gasteiger partial charge in [0.2, 0.25) is 0 Å². The van der Waals surface area contributed by atoms with Gasteiger partial charge in [0, 0.05) is 24.0 Å². The molecule has 0 N–H and O–H groups in total. The van der Waals surface area contributed by atoms with Crippen LogP contribution in [0.2, 0.25) is 5.15 Å². The first-order chi connectivity index (χ1) is 11.6. The summed E-state index contributed by atoms with van der Waals surface area (Å²) in [6, 6.07) is 7.63. The van der Waals surface area contributed by atoms with Crippen LogP contribution in [-0.2, 0) is 0 Å². The number of hydrogen-bond acceptors (Lipinski definition) is 4. The predicted molar refractivity (Wildman–Crippen MR) is 96.1 cm³/mol. The van der Waals surface area contributed by atoms with Gasteiger partial charge in [0.05, 0.1) is 6.04 Å². The standard InChI is InChI=1S/C17H17ClN4OS/c1-10-7-16(23)22-15(8-14(20-22)24-2)21(10)17(11-3-4-11)12-5-6-13(18)19-9-12/h5-9,11,17H,3-4H2,1-2H3. The van der Waals surface area contributed by atoms with Gasteiger partial charge in [-0.25, -0.2) is 4.98 Å². The van der Waals surface area contributed by atoms with Gasteiger partial charge in [-0.05, 0) is 43.6 Å². The molecule has 124 valence electrons. The Morgan fingerprint density at radius 3 is 2.75 bits per heavy atom. The Kier molecular flexibility index (Phi) is 3.89. The first-order valence-corrected chi connectivity index (χ1v) is 9.46. The van der Waals surface area contributed by atoms with Crippen LogP contribution in [0.4, 0.5) is 0 Å². The molecule has 0 aliphatic heterocycles. The fraction of sp³-hybridized carbons (Fsp3) is 0.353. The van der Waals surface area contributed by atoms with E-state index < -0.39 is 0 Å². The number of pyridine rings is 1. The summed E-state index contributed by atoms with van der Waals surface area (Å²) in [6.07, 6.45) is 6.15. The molecule has 3 heterocycles. The molecular formula is C17H17ClN4OS. The van der Waals surface area contributed by atoms with Gasteiger partial charge in [0.25, 0.3) is 5.56 Å². The van der Waals surface area contributed by atoms with Crippen LogP contribution >= 0.6 is 23.4 Å². The topological polar surface area (TPSA) is 52.2 Å². The monoisotopic (exact) mass is 360 g/mol. The highest BCUT2D eigenvalue weighted by Gasteiger charge is 2.35. The smallest absolute Gasteiger partial charge is 0.274 e. The fourth-order valence-corrected chi connectivity index (χ4v) is 3.74. The molecule has 0 saturated heterocycles. The van der Waals surface area contributed by atoms with Crippen LogP contribution in [-0.4, -0.2) is 25.4 Å². The maximum atomic E-state index is 12.3. The van der Waals surface area contributed by atoms with Crippen molar-refractivity contribution in [3.05, 3.63) is 57.2 Å². The minimum Gasteiger partial charge on any atom is -0.322 e. The van der Waals surface area contributed by atoms with Crippen molar-refractivity contribution >= 4 is 29.0 Å². The van der Waals surface area contributed by atoms with Crippen LogP contribution in [0.5, 0.6) is 0 Å². The maximum Gasteiger partial charge on any atom is 0.274 e. The summed E-state index contributed by atoms with van der Waals surface area (Å²) >= 11 is 7.49. The quantitative estimate of drug-likeness (QED) is 0.527. The molecule has 1 aliphatic rings. The first-order valence-electron chi connectivity index (χ1n) is 7.86. The van der Waals surface area contributed by atoms with Crippen LogP contribution < -0.4 is 5.56 Å². The Morgan fingerprint density at radius 2 is 2.12 bits per heavy atom. The van der Waals surface area contributed by atoms with Crippen molar-refractivity contribution < 1.29 is 0 Å². The Bertz CT molecular complexity index is 959. The van der Waals surface area contributed by atoms with Crippen LogP contribution in [0.1, 0.15) is 30.1 Å². The molecule has 0 spiro atoms. The molecule has 1 atom stereocenters. The van der Waals surface area contributed by atoms with Gasteiger partial charge in [-0.3, -0.25) is 4.79 Å². The summed E-state index contributed by atoms with van der Waals surface area (Å²) in [6.45, 7) is 1.98. The van der Waals surface area contributed by atoms with Gasteiger partial charge >= 0.3 is 0 Å². The number of aromatic nitrogens is 4. The highest BCUT2D eigenvalue weighted by Crippen LogP contribution is 2.44. The summed E-state index contributed by atoms with van der Waals surface area (Å²) in [7, 11) is 0. The lowest BCUT2D eigenvalue weighted by Crippen LogP contribution is -2.24. The second-order valence-corrected chi connectivity index (χ2v) is 7.36. The molecule has 5 nitrogen and oxygen atoms in total. The van der Waals surface area contributed by atoms with E-state index in [-0.39, 0.29) is 11.6 Å². The molecule has 0 bridgehead atoms. The SMILES string of the molecule is CSc1cc2n(C(c3ccc(Cl)nc3)C3CC3)c(C)cc(=O)n2n1. The number of thioether (sulfide) groups is 1. The van der Waals surface area contributed by atoms with Crippen LogP contribution in [0, 0.1) is 12.8 Å². The second-order valence-electron chi connectivity index (χ2n) is 6.15. The molecule has 1 aliphatic carbocycles. The Hall–Kier alpha value is -1.79. The van der Waals surface area contributed by atoms with Crippen LogP contribution in [0.15, 0.2) is 40.3 Å². The molecular weight excluding hydrogens is 344 g/mol. The molecule has 0 aromatic carbocycles. The van der Waals surface area contributed by atoms with E-state index in [1.54, 1.807) is 6.07 Å². The number of fused-ring (bicyclic) bond motifs is 1. The van der Waals surface area contributed by atoms with E-state index in [1.807, 2.05) is 37.6 Å². The normalized spacial score (nSPS) is 15.8. The largest absolute Gasteiger partial charge is 0.322 e. The van der Waals surface area contributed by atoms with E-state index >= 15 is 0 Å². The predicted octanol–water partition coefficient (Wildman–Crippen LogP) is 3.57. The van der Waals surface area contributed by atoms with Gasteiger partial charge < -0.3 is 4.57 Å². The van der Waals surface area contributed by atoms with E-state index in [9.17, 15) is 4.79 Å². The number of aryl methyl sites for hydroxylation is 1. The summed E-state index contributed by atoms with van der Waals surface area (Å²) in [4.78, 5) is 16.6. The number of hydrogen-bond donors (Lipinski definition) is 0. The van der Waals surface area contributed by atoms with E-state index in [0.717, 1.165) is 21.9 Å². The summed E-state index contributed by atoms with van der Waals surface area (Å²) < 4.78 is 3.72. The highest BCUT2D eigenvalue weighted by atomic mass is 35.5. The lowest BCUT2D eigenvalue weighted by Gasteiger charge is -2.24. The molecule has 1 unspecified atom stereocenters. The summed E-state index contributed by atoms with van der Waals surface area (Å²) in [5.74, 6) is 0.547. The zero-order chi connectivity index (χ0) is 16.8. The van der Waals surface area contributed by atoms with E-state index in [4.69, 9.17) is 11.6 Å². The minimum atomic E-state index is -0.0946. The molecule has 3 aromatic heterocycles. The fourth-order valence-electron chi connectivity index (χ4n) is 3.24. The first kappa shape index (κ1) is 15.7. The Morgan fingerprint density at radius 1 is 1.33 bits per heavy atom. The van der Waals surface area contributed by atoms with Crippen LogP contribution in [0.3, 0.4) is 0 Å². The molecule has 1 saturated carbocycles. The third-order valence-corrected chi connectivity index (χ3v) is 5.33. The average molecular weight is 361 g/mol. The molecule has 0 radical (unpaired) electrons. The number of halogens is 1. The molecule has 24 heavy (non-hydrogen) atoms. The van der Waals surface area contributed by atoms with E-state index in [0.29, 0.717) is 11.1 Å². The van der Waals surface area contributed by atoms with Crippen molar-refractivity contribution in [2.24, 2.45) is 5.92 Å². The second kappa shape index (κ2) is 5.93. The van der Waals surface area contributed by atoms with Gasteiger partial charge in [-0.2, -0.15) is 9.61 Å². The molecule has 4 rings (SSSR count). The van der Waals surface area contributed by atoms with Crippen molar-refractivity contribution in [1.29, 1.82) is 0 Å². The minimum absolute atomic E-state index is 0.0946. The highest BCUT2D eigenvalue weighted by molar-refractivity contribution is 7.98. The third kappa shape index (κ3) is 2.63. The maximum absolute atomic E-state index is 12.3. The van der Waals surface area contributed by atoms with Gasteiger partial charge in [-0.1, -0.05) is 17.7 Å². The van der Waals surface area contributed by atoms with Gasteiger partial charge in [0.1, 0.15) is 15.8 Å². The number of nitrogens with zero attached hydrogens (tertiary/aromatic N) is 4. The van der Waals surface area contributed by atoms with Crippen molar-refractivity contribution in [3.8, 4) is 0 Å². The van der Waals surface area contributed by atoms with E-state index in [1.165, 1.54) is 29.1 Å². The number of rotatable bonds is 4. The molecule has 7 heteroatoms. The summed E-state index contributed by atoms with van der Waals surface area (Å²) in [5.41, 5.74) is 2.79. The third-order valence-electron chi connectivity index (χ3n) is 4.48. The Balaban J connectivity index is 1.97. The van der Waals surface area contributed by atoms with Crippen molar-refractivity contribution in [3.63, 3.8) is 0 Å². The lowest BCUT2D eigenvalue weighted by molar-refractivity contribution is 0.510. The van der Waals surface area contributed by atoms with E-state index in [2.05, 4.69) is 14.6 Å². The Labute approximate surface area is 148 Å². The van der Waals surface area contributed by atoms with Crippen molar-refractivity contribution in [2.75, 3.05) is 6.26 Å². The van der Waals surface area contributed by atoms with Crippen molar-refractivity contribution in [2.45, 2.75) is 30.8 Å². The van der Waals surface area contributed by atoms with Gasteiger partial charge in [0.15, 0.2) is 0 Å². The summed E-state index contributed by atoms with van der Waals surface area (Å²) in [5, 5.41) is 5.74. The molecule has 0 amide bonds. The molecule has 3 aromatic rings. The zero-order valence-corrected chi connectivity index (χ0v) is 15.0.